The summed E-state index contributed by atoms with van der Waals surface area (Å²) in [5, 5.41) is 9.09. The van der Waals surface area contributed by atoms with Gasteiger partial charge in [0.1, 0.15) is 17.2 Å². The van der Waals surface area contributed by atoms with Gasteiger partial charge in [0.2, 0.25) is 0 Å². The molecule has 0 fully saturated rings. The number of allylic oxidation sites excluding steroid dienone is 1. The zero-order valence-electron chi connectivity index (χ0n) is 11.4. The highest BCUT2D eigenvalue weighted by Gasteiger charge is 2.14. The van der Waals surface area contributed by atoms with Gasteiger partial charge in [-0.2, -0.15) is 13.7 Å². The number of hydrogen-bond acceptors (Lipinski definition) is 4. The highest BCUT2D eigenvalue weighted by Crippen LogP contribution is 2.17. The van der Waals surface area contributed by atoms with Crippen LogP contribution in [0.5, 0.6) is 0 Å². The van der Waals surface area contributed by atoms with Gasteiger partial charge >= 0.3 is 10.1 Å². The molecule has 0 heterocycles. The van der Waals surface area contributed by atoms with Crippen molar-refractivity contribution in [3.8, 4) is 6.07 Å². The Morgan fingerprint density at radius 2 is 1.71 bits per heavy atom. The van der Waals surface area contributed by atoms with Crippen LogP contribution < -0.4 is 0 Å². The molecule has 2 rings (SSSR count). The predicted molar refractivity (Wildman–Crippen MR) is 79.5 cm³/mol. The van der Waals surface area contributed by atoms with Gasteiger partial charge in [0.15, 0.2) is 0 Å². The molecule has 0 radical (unpaired) electrons. The van der Waals surface area contributed by atoms with Crippen LogP contribution in [0.2, 0.25) is 0 Å². The maximum atomic E-state index is 12.0. The van der Waals surface area contributed by atoms with Crippen LogP contribution in [0, 0.1) is 18.3 Å². The Balaban J connectivity index is 2.26. The Morgan fingerprint density at radius 3 is 2.29 bits per heavy atom. The summed E-state index contributed by atoms with van der Waals surface area (Å²) in [5.74, 6) is 0. The lowest BCUT2D eigenvalue weighted by Crippen LogP contribution is -2.02. The van der Waals surface area contributed by atoms with E-state index in [4.69, 9.17) is 9.44 Å². The molecule has 0 atom stereocenters. The average molecular weight is 299 g/mol. The number of nitriles is 1. The Bertz CT molecular complexity index is 786. The van der Waals surface area contributed by atoms with Crippen molar-refractivity contribution in [2.45, 2.75) is 11.8 Å². The third-order valence-corrected chi connectivity index (χ3v) is 4.01. The first-order chi connectivity index (χ1) is 10.0. The first kappa shape index (κ1) is 14.8. The summed E-state index contributed by atoms with van der Waals surface area (Å²) in [6.07, 6.45) is 0.963. The van der Waals surface area contributed by atoms with E-state index in [1.54, 1.807) is 36.4 Å². The summed E-state index contributed by atoms with van der Waals surface area (Å²) in [6.45, 7) is 1.86. The van der Waals surface area contributed by atoms with E-state index in [1.807, 2.05) is 19.1 Å². The lowest BCUT2D eigenvalue weighted by atomic mass is 10.1. The van der Waals surface area contributed by atoms with Gasteiger partial charge in [-0.25, -0.2) is 0 Å². The van der Waals surface area contributed by atoms with Crippen LogP contribution >= 0.6 is 0 Å². The van der Waals surface area contributed by atoms with Crippen LogP contribution in [0.1, 0.15) is 11.1 Å². The second-order valence-corrected chi connectivity index (χ2v) is 5.94. The SMILES string of the molecule is Cc1ccc(S(=O)(=O)OC=C(C#N)c2ccccc2)cc1. The molecule has 0 bridgehead atoms. The minimum Gasteiger partial charge on any atom is -0.385 e. The molecule has 0 aromatic heterocycles. The first-order valence-electron chi connectivity index (χ1n) is 6.18. The van der Waals surface area contributed by atoms with Crippen molar-refractivity contribution in [2.24, 2.45) is 0 Å². The second kappa shape index (κ2) is 6.25. The molecule has 0 spiro atoms. The van der Waals surface area contributed by atoms with Crippen molar-refractivity contribution in [1.82, 2.24) is 0 Å². The Kier molecular flexibility index (Phi) is 4.41. The second-order valence-electron chi connectivity index (χ2n) is 4.37. The minimum absolute atomic E-state index is 0.0506. The Labute approximate surface area is 124 Å². The summed E-state index contributed by atoms with van der Waals surface area (Å²) in [6, 6.07) is 17.0. The molecule has 0 aliphatic heterocycles. The molecule has 0 saturated heterocycles. The summed E-state index contributed by atoms with van der Waals surface area (Å²) < 4.78 is 28.9. The van der Waals surface area contributed by atoms with E-state index in [0.717, 1.165) is 11.8 Å². The minimum atomic E-state index is -3.92. The van der Waals surface area contributed by atoms with Crippen LogP contribution in [-0.2, 0) is 14.3 Å². The van der Waals surface area contributed by atoms with Crippen molar-refractivity contribution < 1.29 is 12.6 Å². The average Bonchev–Trinajstić information content (AvgIpc) is 2.49. The third-order valence-electron chi connectivity index (χ3n) is 2.81. The van der Waals surface area contributed by atoms with Crippen molar-refractivity contribution in [1.29, 1.82) is 5.26 Å². The molecule has 0 N–H and O–H groups in total. The molecule has 0 aliphatic rings. The lowest BCUT2D eigenvalue weighted by Gasteiger charge is -2.04. The van der Waals surface area contributed by atoms with E-state index < -0.39 is 10.1 Å². The molecular formula is C16H13NO3S. The number of nitrogens with zero attached hydrogens (tertiary/aromatic N) is 1. The molecule has 2 aromatic carbocycles. The highest BCUT2D eigenvalue weighted by molar-refractivity contribution is 7.86. The van der Waals surface area contributed by atoms with E-state index in [0.29, 0.717) is 5.56 Å². The van der Waals surface area contributed by atoms with Gasteiger partial charge < -0.3 is 4.18 Å². The number of hydrogen-bond donors (Lipinski definition) is 0. The van der Waals surface area contributed by atoms with Gasteiger partial charge in [-0.1, -0.05) is 48.0 Å². The highest BCUT2D eigenvalue weighted by atomic mass is 32.2. The predicted octanol–water partition coefficient (Wildman–Crippen LogP) is 3.27. The zero-order chi connectivity index (χ0) is 15.3. The molecule has 21 heavy (non-hydrogen) atoms. The summed E-state index contributed by atoms with van der Waals surface area (Å²) >= 11 is 0. The molecule has 106 valence electrons. The number of aryl methyl sites for hydroxylation is 1. The van der Waals surface area contributed by atoms with Gasteiger partial charge in [0.25, 0.3) is 0 Å². The lowest BCUT2D eigenvalue weighted by molar-refractivity contribution is 0.445. The van der Waals surface area contributed by atoms with E-state index in [9.17, 15) is 8.42 Å². The molecule has 2 aromatic rings. The molecular weight excluding hydrogens is 286 g/mol. The summed E-state index contributed by atoms with van der Waals surface area (Å²) in [7, 11) is -3.92. The molecule has 0 unspecified atom stereocenters. The van der Waals surface area contributed by atoms with Gasteiger partial charge in [-0.05, 0) is 24.6 Å². The smallest absolute Gasteiger partial charge is 0.338 e. The zero-order valence-corrected chi connectivity index (χ0v) is 12.2. The molecule has 5 heteroatoms. The van der Waals surface area contributed by atoms with Crippen LogP contribution in [-0.4, -0.2) is 8.42 Å². The molecule has 0 saturated carbocycles. The van der Waals surface area contributed by atoms with Gasteiger partial charge in [0, 0.05) is 0 Å². The van der Waals surface area contributed by atoms with Crippen LogP contribution in [0.15, 0.2) is 65.8 Å². The number of rotatable bonds is 4. The summed E-state index contributed by atoms with van der Waals surface area (Å²) in [4.78, 5) is 0.0506. The van der Waals surface area contributed by atoms with Crippen molar-refractivity contribution in [3.63, 3.8) is 0 Å². The molecule has 0 aliphatic carbocycles. The maximum Gasteiger partial charge on any atom is 0.338 e. The van der Waals surface area contributed by atoms with Crippen LogP contribution in [0.4, 0.5) is 0 Å². The van der Waals surface area contributed by atoms with Crippen LogP contribution in [0.3, 0.4) is 0 Å². The first-order valence-corrected chi connectivity index (χ1v) is 7.59. The fourth-order valence-corrected chi connectivity index (χ4v) is 2.45. The standard InChI is InChI=1S/C16H13NO3S/c1-13-7-9-16(10-8-13)21(18,19)20-12-15(11-17)14-5-3-2-4-6-14/h2-10,12H,1H3. The molecule has 0 amide bonds. The van der Waals surface area contributed by atoms with Crippen molar-refractivity contribution in [3.05, 3.63) is 72.0 Å². The van der Waals surface area contributed by atoms with E-state index in [2.05, 4.69) is 0 Å². The van der Waals surface area contributed by atoms with Gasteiger partial charge in [-0.15, -0.1) is 0 Å². The van der Waals surface area contributed by atoms with Gasteiger partial charge in [0.05, 0.1) is 5.57 Å². The Hall–Kier alpha value is -2.58. The number of benzene rings is 2. The van der Waals surface area contributed by atoms with E-state index in [1.165, 1.54) is 12.1 Å². The van der Waals surface area contributed by atoms with E-state index in [-0.39, 0.29) is 10.5 Å². The van der Waals surface area contributed by atoms with E-state index >= 15 is 0 Å². The van der Waals surface area contributed by atoms with Gasteiger partial charge in [-0.3, -0.25) is 0 Å². The quantitative estimate of drug-likeness (QED) is 0.493. The molecule has 4 nitrogen and oxygen atoms in total. The largest absolute Gasteiger partial charge is 0.385 e. The Morgan fingerprint density at radius 1 is 1.10 bits per heavy atom. The van der Waals surface area contributed by atoms with Crippen LogP contribution in [0.25, 0.3) is 5.57 Å². The topological polar surface area (TPSA) is 67.2 Å². The fraction of sp³-hybridized carbons (Fsp3) is 0.0625. The van der Waals surface area contributed by atoms with Crippen molar-refractivity contribution >= 4 is 15.7 Å². The third kappa shape index (κ3) is 3.71. The fourth-order valence-electron chi connectivity index (χ4n) is 1.65. The maximum absolute atomic E-state index is 12.0. The van der Waals surface area contributed by atoms with Crippen molar-refractivity contribution in [2.75, 3.05) is 0 Å². The monoisotopic (exact) mass is 299 g/mol. The summed E-state index contributed by atoms with van der Waals surface area (Å²) in [5.41, 5.74) is 1.69. The normalized spacial score (nSPS) is 11.7.